The SMILES string of the molecule is O=C1CCSC(=O)N1CC1(CBr)CCC1. The number of carbonyl (C=O) groups excluding carboxylic acids is 2. The third-order valence-corrected chi connectivity index (χ3v) is 5.32. The molecule has 0 radical (unpaired) electrons. The first kappa shape index (κ1) is 11.5. The standard InChI is InChI=1S/C10H14BrNO2S/c11-6-10(3-1-4-10)7-12-8(13)2-5-15-9(12)14/h1-7H2. The van der Waals surface area contributed by atoms with Crippen LogP contribution in [0.1, 0.15) is 25.7 Å². The molecule has 1 aliphatic carbocycles. The molecule has 1 saturated heterocycles. The van der Waals surface area contributed by atoms with Gasteiger partial charge in [-0.2, -0.15) is 0 Å². The van der Waals surface area contributed by atoms with Gasteiger partial charge in [-0.25, -0.2) is 0 Å². The van der Waals surface area contributed by atoms with E-state index in [1.807, 2.05) is 0 Å². The summed E-state index contributed by atoms with van der Waals surface area (Å²) in [6.45, 7) is 0.614. The van der Waals surface area contributed by atoms with Crippen molar-refractivity contribution in [1.29, 1.82) is 0 Å². The average molecular weight is 292 g/mol. The number of rotatable bonds is 3. The Kier molecular flexibility index (Phi) is 3.40. The Morgan fingerprint density at radius 3 is 2.60 bits per heavy atom. The number of thioether (sulfide) groups is 1. The second-order valence-corrected chi connectivity index (χ2v) is 5.94. The summed E-state index contributed by atoms with van der Waals surface area (Å²) in [6, 6.07) is 0. The largest absolute Gasteiger partial charge is 0.288 e. The van der Waals surface area contributed by atoms with E-state index < -0.39 is 0 Å². The zero-order valence-corrected chi connectivity index (χ0v) is 10.9. The minimum absolute atomic E-state index is 0.00553. The van der Waals surface area contributed by atoms with Crippen LogP contribution in [0.5, 0.6) is 0 Å². The highest BCUT2D eigenvalue weighted by atomic mass is 79.9. The summed E-state index contributed by atoms with van der Waals surface area (Å²) in [4.78, 5) is 24.7. The molecule has 15 heavy (non-hydrogen) atoms. The van der Waals surface area contributed by atoms with E-state index in [0.29, 0.717) is 18.7 Å². The lowest BCUT2D eigenvalue weighted by Crippen LogP contribution is -2.48. The number of hydrogen-bond acceptors (Lipinski definition) is 3. The molecule has 0 aromatic heterocycles. The maximum Gasteiger partial charge on any atom is 0.288 e. The number of hydrogen-bond donors (Lipinski definition) is 0. The predicted molar refractivity (Wildman–Crippen MR) is 64.3 cm³/mol. The van der Waals surface area contributed by atoms with Gasteiger partial charge in [-0.3, -0.25) is 14.5 Å². The fourth-order valence-electron chi connectivity index (χ4n) is 2.04. The van der Waals surface area contributed by atoms with E-state index in [1.165, 1.54) is 23.1 Å². The minimum atomic E-state index is -0.0570. The topological polar surface area (TPSA) is 37.4 Å². The smallest absolute Gasteiger partial charge is 0.274 e. The lowest BCUT2D eigenvalue weighted by Gasteiger charge is -2.43. The van der Waals surface area contributed by atoms with Crippen LogP contribution in [-0.4, -0.2) is 33.7 Å². The Hall–Kier alpha value is -0.0300. The molecule has 5 heteroatoms. The van der Waals surface area contributed by atoms with Crippen molar-refractivity contribution in [2.45, 2.75) is 25.7 Å². The highest BCUT2D eigenvalue weighted by molar-refractivity contribution is 9.09. The van der Waals surface area contributed by atoms with Crippen molar-refractivity contribution >= 4 is 38.8 Å². The van der Waals surface area contributed by atoms with Gasteiger partial charge in [-0.1, -0.05) is 34.1 Å². The third-order valence-electron chi connectivity index (χ3n) is 3.25. The van der Waals surface area contributed by atoms with Crippen LogP contribution < -0.4 is 0 Å². The molecule has 1 aliphatic heterocycles. The average Bonchev–Trinajstić information content (AvgIpc) is 2.15. The molecular weight excluding hydrogens is 278 g/mol. The van der Waals surface area contributed by atoms with E-state index in [4.69, 9.17) is 0 Å². The normalized spacial score (nSPS) is 25.3. The van der Waals surface area contributed by atoms with Gasteiger partial charge >= 0.3 is 0 Å². The highest BCUT2D eigenvalue weighted by Crippen LogP contribution is 2.43. The van der Waals surface area contributed by atoms with Gasteiger partial charge in [-0.15, -0.1) is 0 Å². The molecule has 2 aliphatic rings. The lowest BCUT2D eigenvalue weighted by atomic mass is 9.70. The van der Waals surface area contributed by atoms with Crippen molar-refractivity contribution in [2.75, 3.05) is 17.6 Å². The van der Waals surface area contributed by atoms with E-state index in [-0.39, 0.29) is 16.6 Å². The van der Waals surface area contributed by atoms with E-state index in [9.17, 15) is 9.59 Å². The summed E-state index contributed by atoms with van der Waals surface area (Å²) in [6.07, 6.45) is 3.98. The molecule has 0 aromatic rings. The first-order chi connectivity index (χ1) is 7.17. The lowest BCUT2D eigenvalue weighted by molar-refractivity contribution is -0.129. The monoisotopic (exact) mass is 291 g/mol. The van der Waals surface area contributed by atoms with E-state index in [2.05, 4.69) is 15.9 Å². The molecule has 3 nitrogen and oxygen atoms in total. The number of alkyl halides is 1. The Bertz CT molecular complexity index is 270. The molecule has 0 N–H and O–H groups in total. The summed E-state index contributed by atoms with van der Waals surface area (Å²) in [5, 5.41) is 0.834. The molecule has 84 valence electrons. The fourth-order valence-corrected chi connectivity index (χ4v) is 3.55. The van der Waals surface area contributed by atoms with Gasteiger partial charge in [0.05, 0.1) is 0 Å². The van der Waals surface area contributed by atoms with Gasteiger partial charge in [0.1, 0.15) is 0 Å². The molecule has 0 bridgehead atoms. The van der Waals surface area contributed by atoms with Crippen LogP contribution in [0.4, 0.5) is 4.79 Å². The Balaban J connectivity index is 2.02. The molecule has 1 saturated carbocycles. The second-order valence-electron chi connectivity index (χ2n) is 4.33. The molecule has 2 rings (SSSR count). The summed E-state index contributed by atoms with van der Waals surface area (Å²) in [7, 11) is 0. The fraction of sp³-hybridized carbons (Fsp3) is 0.800. The van der Waals surface area contributed by atoms with Gasteiger partial charge in [0.15, 0.2) is 0 Å². The molecule has 0 spiro atoms. The molecule has 2 amide bonds. The van der Waals surface area contributed by atoms with E-state index >= 15 is 0 Å². The summed E-state index contributed by atoms with van der Waals surface area (Å²) < 4.78 is 0. The molecule has 0 atom stereocenters. The van der Waals surface area contributed by atoms with Gasteiger partial charge in [0, 0.05) is 24.0 Å². The maximum absolute atomic E-state index is 11.6. The summed E-state index contributed by atoms with van der Waals surface area (Å²) >= 11 is 4.76. The predicted octanol–water partition coefficient (Wildman–Crippen LogP) is 2.64. The van der Waals surface area contributed by atoms with Crippen molar-refractivity contribution in [2.24, 2.45) is 5.41 Å². The Labute approximate surface area is 102 Å². The zero-order chi connectivity index (χ0) is 10.9. The van der Waals surface area contributed by atoms with Crippen LogP contribution in [-0.2, 0) is 4.79 Å². The van der Waals surface area contributed by atoms with Crippen LogP contribution in [0.25, 0.3) is 0 Å². The number of nitrogens with zero attached hydrogens (tertiary/aromatic N) is 1. The van der Waals surface area contributed by atoms with Gasteiger partial charge in [-0.05, 0) is 18.3 Å². The van der Waals surface area contributed by atoms with E-state index in [0.717, 1.165) is 18.2 Å². The van der Waals surface area contributed by atoms with Gasteiger partial charge in [0.2, 0.25) is 5.91 Å². The molecular formula is C10H14BrNO2S. The highest BCUT2D eigenvalue weighted by Gasteiger charge is 2.41. The van der Waals surface area contributed by atoms with E-state index in [1.54, 1.807) is 0 Å². The Morgan fingerprint density at radius 1 is 1.40 bits per heavy atom. The van der Waals surface area contributed by atoms with Crippen molar-refractivity contribution in [3.8, 4) is 0 Å². The second kappa shape index (κ2) is 4.45. The van der Waals surface area contributed by atoms with Crippen LogP contribution in [0.3, 0.4) is 0 Å². The minimum Gasteiger partial charge on any atom is -0.274 e. The number of carbonyl (C=O) groups is 2. The first-order valence-electron chi connectivity index (χ1n) is 5.20. The molecule has 1 heterocycles. The maximum atomic E-state index is 11.6. The summed E-state index contributed by atoms with van der Waals surface area (Å²) in [5.74, 6) is 0.654. The van der Waals surface area contributed by atoms with Crippen LogP contribution >= 0.6 is 27.7 Å². The van der Waals surface area contributed by atoms with Crippen LogP contribution in [0.15, 0.2) is 0 Å². The quantitative estimate of drug-likeness (QED) is 0.750. The van der Waals surface area contributed by atoms with Crippen LogP contribution in [0, 0.1) is 5.41 Å². The van der Waals surface area contributed by atoms with Crippen molar-refractivity contribution in [1.82, 2.24) is 4.90 Å². The molecule has 0 aromatic carbocycles. The number of amides is 2. The Morgan fingerprint density at radius 2 is 2.13 bits per heavy atom. The van der Waals surface area contributed by atoms with Gasteiger partial charge < -0.3 is 0 Å². The van der Waals surface area contributed by atoms with Gasteiger partial charge in [0.25, 0.3) is 5.24 Å². The van der Waals surface area contributed by atoms with Crippen molar-refractivity contribution in [3.63, 3.8) is 0 Å². The van der Waals surface area contributed by atoms with Crippen molar-refractivity contribution < 1.29 is 9.59 Å². The van der Waals surface area contributed by atoms with Crippen molar-refractivity contribution in [3.05, 3.63) is 0 Å². The number of halogens is 1. The molecule has 0 unspecified atom stereocenters. The number of imide groups is 1. The first-order valence-corrected chi connectivity index (χ1v) is 7.31. The van der Waals surface area contributed by atoms with Crippen LogP contribution in [0.2, 0.25) is 0 Å². The third kappa shape index (κ3) is 2.23. The summed E-state index contributed by atoms with van der Waals surface area (Å²) in [5.41, 5.74) is 0.170. The molecule has 2 fully saturated rings. The zero-order valence-electron chi connectivity index (χ0n) is 8.50.